The Balaban J connectivity index is 1.69. The standard InChI is InChI=1S/C21H31N3O2/c1-3-4-12-22(2)20(25)18-21(26)24-16-14-23(15-17-24)13-8-11-19-9-6-5-7-10-19/h5-11H,3-4,12-18H2,1-2H3/b11-8+. The average molecular weight is 357 g/mol. The normalized spacial score (nSPS) is 15.4. The quantitative estimate of drug-likeness (QED) is 0.672. The Morgan fingerprint density at radius 3 is 2.46 bits per heavy atom. The van der Waals surface area contributed by atoms with Crippen LogP contribution in [0.4, 0.5) is 0 Å². The van der Waals surface area contributed by atoms with Gasteiger partial charge in [0.15, 0.2) is 0 Å². The first-order valence-corrected chi connectivity index (χ1v) is 9.56. The van der Waals surface area contributed by atoms with E-state index in [2.05, 4.69) is 36.1 Å². The lowest BCUT2D eigenvalue weighted by molar-refractivity contribution is -0.140. The molecule has 1 heterocycles. The molecule has 2 amide bonds. The SMILES string of the molecule is CCCCN(C)C(=O)CC(=O)N1CCN(C/C=C/c2ccccc2)CC1. The molecule has 0 aromatic heterocycles. The Morgan fingerprint density at radius 1 is 1.12 bits per heavy atom. The van der Waals surface area contributed by atoms with Crippen LogP contribution >= 0.6 is 0 Å². The topological polar surface area (TPSA) is 43.9 Å². The molecule has 2 rings (SSSR count). The number of piperazine rings is 1. The molecule has 1 aromatic rings. The Hall–Kier alpha value is -2.14. The molecule has 0 saturated carbocycles. The molecule has 1 fully saturated rings. The number of hydrogen-bond donors (Lipinski definition) is 0. The molecule has 0 radical (unpaired) electrons. The van der Waals surface area contributed by atoms with Crippen LogP contribution in [0.5, 0.6) is 0 Å². The summed E-state index contributed by atoms with van der Waals surface area (Å²) in [6.45, 7) is 6.81. The predicted octanol–water partition coefficient (Wildman–Crippen LogP) is 2.49. The van der Waals surface area contributed by atoms with Crippen molar-refractivity contribution in [2.45, 2.75) is 26.2 Å². The monoisotopic (exact) mass is 357 g/mol. The number of carbonyl (C=O) groups is 2. The van der Waals surface area contributed by atoms with Crippen molar-refractivity contribution in [1.82, 2.24) is 14.7 Å². The Morgan fingerprint density at radius 2 is 1.81 bits per heavy atom. The van der Waals surface area contributed by atoms with Gasteiger partial charge in [0.2, 0.25) is 11.8 Å². The fourth-order valence-corrected chi connectivity index (χ4v) is 2.98. The number of rotatable bonds is 8. The fraction of sp³-hybridized carbons (Fsp3) is 0.524. The second-order valence-corrected chi connectivity index (χ2v) is 6.84. The number of nitrogens with zero attached hydrogens (tertiary/aromatic N) is 3. The largest absolute Gasteiger partial charge is 0.345 e. The first-order chi connectivity index (χ1) is 12.6. The van der Waals surface area contributed by atoms with Gasteiger partial charge in [0.25, 0.3) is 0 Å². The van der Waals surface area contributed by atoms with Crippen LogP contribution in [0.25, 0.3) is 6.08 Å². The smallest absolute Gasteiger partial charge is 0.232 e. The highest BCUT2D eigenvalue weighted by molar-refractivity contribution is 5.96. The van der Waals surface area contributed by atoms with E-state index in [9.17, 15) is 9.59 Å². The molecule has 0 bridgehead atoms. The van der Waals surface area contributed by atoms with Crippen LogP contribution in [-0.2, 0) is 9.59 Å². The third-order valence-electron chi connectivity index (χ3n) is 4.77. The Labute approximate surface area is 157 Å². The van der Waals surface area contributed by atoms with Crippen molar-refractivity contribution >= 4 is 17.9 Å². The number of amides is 2. The lowest BCUT2D eigenvalue weighted by Crippen LogP contribution is -2.49. The third kappa shape index (κ3) is 6.64. The van der Waals surface area contributed by atoms with Crippen LogP contribution in [0.15, 0.2) is 36.4 Å². The number of hydrogen-bond acceptors (Lipinski definition) is 3. The van der Waals surface area contributed by atoms with E-state index in [4.69, 9.17) is 0 Å². The van der Waals surface area contributed by atoms with Crippen LogP contribution in [0, 0.1) is 0 Å². The number of unbranched alkanes of at least 4 members (excludes halogenated alkanes) is 1. The first-order valence-electron chi connectivity index (χ1n) is 9.56. The van der Waals surface area contributed by atoms with E-state index in [1.165, 1.54) is 5.56 Å². The molecule has 26 heavy (non-hydrogen) atoms. The van der Waals surface area contributed by atoms with E-state index in [-0.39, 0.29) is 18.2 Å². The number of carbonyl (C=O) groups excluding carboxylic acids is 2. The van der Waals surface area contributed by atoms with Crippen molar-refractivity contribution in [2.24, 2.45) is 0 Å². The highest BCUT2D eigenvalue weighted by atomic mass is 16.2. The minimum absolute atomic E-state index is 0.00583. The molecule has 142 valence electrons. The van der Waals surface area contributed by atoms with Gasteiger partial charge in [-0.3, -0.25) is 14.5 Å². The van der Waals surface area contributed by atoms with Crippen LogP contribution in [-0.4, -0.2) is 72.8 Å². The summed E-state index contributed by atoms with van der Waals surface area (Å²) in [5.74, 6) is -0.116. The van der Waals surface area contributed by atoms with Crippen LogP contribution in [0.3, 0.4) is 0 Å². The van der Waals surface area contributed by atoms with E-state index >= 15 is 0 Å². The Kier molecular flexibility index (Phi) is 8.35. The molecule has 1 saturated heterocycles. The summed E-state index contributed by atoms with van der Waals surface area (Å²) in [6, 6.07) is 10.2. The molecule has 0 spiro atoms. The van der Waals surface area contributed by atoms with Gasteiger partial charge in [-0.25, -0.2) is 0 Å². The van der Waals surface area contributed by atoms with Crippen molar-refractivity contribution in [1.29, 1.82) is 0 Å². The summed E-state index contributed by atoms with van der Waals surface area (Å²) < 4.78 is 0. The number of benzene rings is 1. The van der Waals surface area contributed by atoms with Crippen LogP contribution in [0.2, 0.25) is 0 Å². The fourth-order valence-electron chi connectivity index (χ4n) is 2.98. The molecule has 0 aliphatic carbocycles. The van der Waals surface area contributed by atoms with Gasteiger partial charge in [0.05, 0.1) is 0 Å². The highest BCUT2D eigenvalue weighted by Crippen LogP contribution is 2.07. The molecule has 0 N–H and O–H groups in total. The molecule has 5 nitrogen and oxygen atoms in total. The second-order valence-electron chi connectivity index (χ2n) is 6.84. The zero-order valence-corrected chi connectivity index (χ0v) is 16.1. The van der Waals surface area contributed by atoms with Crippen molar-refractivity contribution < 1.29 is 9.59 Å². The van der Waals surface area contributed by atoms with Crippen LogP contribution < -0.4 is 0 Å². The predicted molar refractivity (Wildman–Crippen MR) is 106 cm³/mol. The van der Waals surface area contributed by atoms with Gasteiger partial charge < -0.3 is 9.80 Å². The maximum Gasteiger partial charge on any atom is 0.232 e. The van der Waals surface area contributed by atoms with Crippen molar-refractivity contribution in [3.63, 3.8) is 0 Å². The summed E-state index contributed by atoms with van der Waals surface area (Å²) in [5.41, 5.74) is 1.20. The summed E-state index contributed by atoms with van der Waals surface area (Å²) in [5, 5.41) is 0. The van der Waals surface area contributed by atoms with Crippen molar-refractivity contribution in [3.05, 3.63) is 42.0 Å². The molecular formula is C21H31N3O2. The van der Waals surface area contributed by atoms with Crippen molar-refractivity contribution in [3.8, 4) is 0 Å². The summed E-state index contributed by atoms with van der Waals surface area (Å²) in [6.07, 6.45) is 6.31. The molecule has 0 unspecified atom stereocenters. The lowest BCUT2D eigenvalue weighted by Gasteiger charge is -2.34. The summed E-state index contributed by atoms with van der Waals surface area (Å²) >= 11 is 0. The highest BCUT2D eigenvalue weighted by Gasteiger charge is 2.23. The molecule has 1 aliphatic rings. The zero-order valence-electron chi connectivity index (χ0n) is 16.1. The average Bonchev–Trinajstić information content (AvgIpc) is 2.67. The maximum atomic E-state index is 12.3. The van der Waals surface area contributed by atoms with E-state index in [0.29, 0.717) is 13.1 Å². The van der Waals surface area contributed by atoms with Gasteiger partial charge in [-0.15, -0.1) is 0 Å². The van der Waals surface area contributed by atoms with E-state index < -0.39 is 0 Å². The molecule has 0 atom stereocenters. The van der Waals surface area contributed by atoms with E-state index in [1.54, 1.807) is 11.9 Å². The molecule has 1 aliphatic heterocycles. The third-order valence-corrected chi connectivity index (χ3v) is 4.77. The van der Waals surface area contributed by atoms with Gasteiger partial charge >= 0.3 is 0 Å². The van der Waals surface area contributed by atoms with Gasteiger partial charge in [-0.05, 0) is 12.0 Å². The van der Waals surface area contributed by atoms with E-state index in [1.807, 2.05) is 23.1 Å². The minimum atomic E-state index is -0.0725. The second kappa shape index (κ2) is 10.8. The minimum Gasteiger partial charge on any atom is -0.345 e. The zero-order chi connectivity index (χ0) is 18.8. The van der Waals surface area contributed by atoms with Gasteiger partial charge in [0, 0.05) is 46.3 Å². The van der Waals surface area contributed by atoms with Crippen molar-refractivity contribution in [2.75, 3.05) is 46.3 Å². The maximum absolute atomic E-state index is 12.3. The van der Waals surface area contributed by atoms with Gasteiger partial charge in [-0.1, -0.05) is 55.8 Å². The lowest BCUT2D eigenvalue weighted by atomic mass is 10.2. The first kappa shape index (κ1) is 20.2. The molecule has 5 heteroatoms. The summed E-state index contributed by atoms with van der Waals surface area (Å²) in [4.78, 5) is 30.3. The molecule has 1 aromatic carbocycles. The Bertz CT molecular complexity index is 593. The van der Waals surface area contributed by atoms with Gasteiger partial charge in [-0.2, -0.15) is 0 Å². The molecular weight excluding hydrogens is 326 g/mol. The van der Waals surface area contributed by atoms with E-state index in [0.717, 1.165) is 39.0 Å². The van der Waals surface area contributed by atoms with Gasteiger partial charge in [0.1, 0.15) is 6.42 Å². The summed E-state index contributed by atoms with van der Waals surface area (Å²) in [7, 11) is 1.78. The van der Waals surface area contributed by atoms with Crippen LogP contribution in [0.1, 0.15) is 31.7 Å².